The topological polar surface area (TPSA) is 71.3 Å². The summed E-state index contributed by atoms with van der Waals surface area (Å²) in [5.41, 5.74) is 1.23. The summed E-state index contributed by atoms with van der Waals surface area (Å²) in [4.78, 5) is 24.4. The van der Waals surface area contributed by atoms with Gasteiger partial charge < -0.3 is 15.1 Å². The fourth-order valence-electron chi connectivity index (χ4n) is 2.13. The van der Waals surface area contributed by atoms with Crippen LogP contribution in [0.3, 0.4) is 0 Å². The SMILES string of the molecule is O=C(Nc1cc(Cl)ccc1Cl)c1cccc(NC(=O)c2ccco2)c1. The number of amides is 2. The number of nitrogens with one attached hydrogen (secondary N) is 2. The number of carbonyl (C=O) groups is 2. The van der Waals surface area contributed by atoms with E-state index in [4.69, 9.17) is 27.6 Å². The molecule has 0 saturated carbocycles. The lowest BCUT2D eigenvalue weighted by Crippen LogP contribution is -2.14. The Kier molecular flexibility index (Phi) is 5.07. The zero-order valence-electron chi connectivity index (χ0n) is 12.8. The molecule has 3 aromatic rings. The molecule has 0 radical (unpaired) electrons. The first-order valence-corrected chi connectivity index (χ1v) is 8.00. The number of benzene rings is 2. The maximum atomic E-state index is 12.4. The Hall–Kier alpha value is -2.76. The number of furan rings is 1. The Labute approximate surface area is 153 Å². The summed E-state index contributed by atoms with van der Waals surface area (Å²) in [5, 5.41) is 6.19. The van der Waals surface area contributed by atoms with E-state index in [-0.39, 0.29) is 11.7 Å². The number of anilines is 2. The van der Waals surface area contributed by atoms with Crippen molar-refractivity contribution >= 4 is 46.4 Å². The summed E-state index contributed by atoms with van der Waals surface area (Å²) >= 11 is 12.0. The van der Waals surface area contributed by atoms with Gasteiger partial charge in [0.15, 0.2) is 5.76 Å². The van der Waals surface area contributed by atoms with Gasteiger partial charge in [-0.15, -0.1) is 0 Å². The lowest BCUT2D eigenvalue weighted by Gasteiger charge is -2.09. The molecule has 0 bridgehead atoms. The molecule has 0 aliphatic heterocycles. The first-order valence-electron chi connectivity index (χ1n) is 7.24. The summed E-state index contributed by atoms with van der Waals surface area (Å²) in [6.45, 7) is 0. The standard InChI is InChI=1S/C18H12Cl2N2O3/c19-12-6-7-14(20)15(10-12)22-17(23)11-3-1-4-13(9-11)21-18(24)16-5-2-8-25-16/h1-10H,(H,21,24)(H,22,23). The smallest absolute Gasteiger partial charge is 0.291 e. The summed E-state index contributed by atoms with van der Waals surface area (Å²) in [7, 11) is 0. The third-order valence-corrected chi connectivity index (χ3v) is 3.87. The fraction of sp³-hybridized carbons (Fsp3) is 0. The van der Waals surface area contributed by atoms with E-state index in [0.29, 0.717) is 27.0 Å². The molecule has 1 heterocycles. The second kappa shape index (κ2) is 7.42. The van der Waals surface area contributed by atoms with E-state index in [2.05, 4.69) is 10.6 Å². The predicted molar refractivity (Wildman–Crippen MR) is 97.5 cm³/mol. The molecule has 0 aliphatic carbocycles. The van der Waals surface area contributed by atoms with Crippen molar-refractivity contribution < 1.29 is 14.0 Å². The molecule has 0 atom stereocenters. The molecular weight excluding hydrogens is 363 g/mol. The largest absolute Gasteiger partial charge is 0.459 e. The second-order valence-corrected chi connectivity index (χ2v) is 5.93. The van der Waals surface area contributed by atoms with Crippen LogP contribution in [-0.2, 0) is 0 Å². The molecule has 7 heteroatoms. The molecule has 5 nitrogen and oxygen atoms in total. The average molecular weight is 375 g/mol. The maximum Gasteiger partial charge on any atom is 0.291 e. The van der Waals surface area contributed by atoms with Crippen LogP contribution in [0.5, 0.6) is 0 Å². The fourth-order valence-corrected chi connectivity index (χ4v) is 2.46. The maximum absolute atomic E-state index is 12.4. The van der Waals surface area contributed by atoms with E-state index < -0.39 is 5.91 Å². The van der Waals surface area contributed by atoms with Gasteiger partial charge in [-0.25, -0.2) is 0 Å². The van der Waals surface area contributed by atoms with Crippen LogP contribution in [-0.4, -0.2) is 11.8 Å². The van der Waals surface area contributed by atoms with E-state index in [1.807, 2.05) is 0 Å². The van der Waals surface area contributed by atoms with Gasteiger partial charge in [-0.3, -0.25) is 9.59 Å². The Morgan fingerprint density at radius 1 is 0.880 bits per heavy atom. The van der Waals surface area contributed by atoms with Gasteiger partial charge in [0.2, 0.25) is 0 Å². The molecule has 2 amide bonds. The van der Waals surface area contributed by atoms with E-state index in [0.717, 1.165) is 0 Å². The Morgan fingerprint density at radius 3 is 2.48 bits per heavy atom. The van der Waals surface area contributed by atoms with Crippen LogP contribution in [0.1, 0.15) is 20.9 Å². The molecule has 126 valence electrons. The van der Waals surface area contributed by atoms with Crippen molar-refractivity contribution in [1.82, 2.24) is 0 Å². The number of hydrogen-bond acceptors (Lipinski definition) is 3. The van der Waals surface area contributed by atoms with Crippen LogP contribution in [0.15, 0.2) is 65.3 Å². The monoisotopic (exact) mass is 374 g/mol. The highest BCUT2D eigenvalue weighted by Gasteiger charge is 2.12. The molecule has 25 heavy (non-hydrogen) atoms. The molecule has 2 aromatic carbocycles. The minimum Gasteiger partial charge on any atom is -0.459 e. The Morgan fingerprint density at radius 2 is 1.72 bits per heavy atom. The highest BCUT2D eigenvalue weighted by molar-refractivity contribution is 6.35. The molecule has 0 spiro atoms. The normalized spacial score (nSPS) is 10.3. The summed E-state index contributed by atoms with van der Waals surface area (Å²) in [6, 6.07) is 14.5. The van der Waals surface area contributed by atoms with Gasteiger partial charge in [0.05, 0.1) is 17.0 Å². The molecule has 3 rings (SSSR count). The van der Waals surface area contributed by atoms with Crippen LogP contribution in [0.4, 0.5) is 11.4 Å². The predicted octanol–water partition coefficient (Wildman–Crippen LogP) is 5.09. The third-order valence-electron chi connectivity index (χ3n) is 3.30. The summed E-state index contributed by atoms with van der Waals surface area (Å²) in [5.74, 6) is -0.598. The minimum absolute atomic E-state index is 0.181. The molecule has 0 aliphatic rings. The van der Waals surface area contributed by atoms with E-state index in [1.54, 1.807) is 54.6 Å². The molecule has 1 aromatic heterocycles. The molecule has 0 unspecified atom stereocenters. The van der Waals surface area contributed by atoms with Crippen molar-refractivity contribution in [2.75, 3.05) is 10.6 Å². The molecule has 0 fully saturated rings. The summed E-state index contributed by atoms with van der Waals surface area (Å²) < 4.78 is 5.03. The second-order valence-electron chi connectivity index (χ2n) is 5.09. The van der Waals surface area contributed by atoms with Crippen LogP contribution < -0.4 is 10.6 Å². The van der Waals surface area contributed by atoms with Gasteiger partial charge in [0.1, 0.15) is 0 Å². The lowest BCUT2D eigenvalue weighted by molar-refractivity contribution is 0.0993. The molecule has 2 N–H and O–H groups in total. The third kappa shape index (κ3) is 4.21. The van der Waals surface area contributed by atoms with Gasteiger partial charge in [-0.1, -0.05) is 29.3 Å². The Balaban J connectivity index is 1.75. The zero-order chi connectivity index (χ0) is 17.8. The quantitative estimate of drug-likeness (QED) is 0.667. The van der Waals surface area contributed by atoms with Gasteiger partial charge in [-0.2, -0.15) is 0 Å². The van der Waals surface area contributed by atoms with Gasteiger partial charge in [0.25, 0.3) is 11.8 Å². The van der Waals surface area contributed by atoms with Crippen LogP contribution >= 0.6 is 23.2 Å². The van der Waals surface area contributed by atoms with Crippen LogP contribution in [0.25, 0.3) is 0 Å². The Bertz CT molecular complexity index is 924. The van der Waals surface area contributed by atoms with Crippen molar-refractivity contribution in [3.8, 4) is 0 Å². The first-order chi connectivity index (χ1) is 12.0. The van der Waals surface area contributed by atoms with Crippen LogP contribution in [0.2, 0.25) is 10.0 Å². The minimum atomic E-state index is -0.402. The number of hydrogen-bond donors (Lipinski definition) is 2. The van der Waals surface area contributed by atoms with Crippen molar-refractivity contribution in [3.05, 3.63) is 82.2 Å². The average Bonchev–Trinajstić information content (AvgIpc) is 3.13. The van der Waals surface area contributed by atoms with E-state index in [9.17, 15) is 9.59 Å². The van der Waals surface area contributed by atoms with E-state index in [1.165, 1.54) is 6.26 Å². The van der Waals surface area contributed by atoms with Crippen molar-refractivity contribution in [1.29, 1.82) is 0 Å². The van der Waals surface area contributed by atoms with Crippen molar-refractivity contribution in [2.24, 2.45) is 0 Å². The van der Waals surface area contributed by atoms with Gasteiger partial charge in [-0.05, 0) is 48.5 Å². The highest BCUT2D eigenvalue weighted by Crippen LogP contribution is 2.26. The number of carbonyl (C=O) groups excluding carboxylic acids is 2. The van der Waals surface area contributed by atoms with Gasteiger partial charge >= 0.3 is 0 Å². The lowest BCUT2D eigenvalue weighted by atomic mass is 10.1. The van der Waals surface area contributed by atoms with Crippen LogP contribution in [0, 0.1) is 0 Å². The zero-order valence-corrected chi connectivity index (χ0v) is 14.3. The number of rotatable bonds is 4. The number of halogens is 2. The highest BCUT2D eigenvalue weighted by atomic mass is 35.5. The van der Waals surface area contributed by atoms with E-state index >= 15 is 0 Å². The van der Waals surface area contributed by atoms with Crippen molar-refractivity contribution in [3.63, 3.8) is 0 Å². The summed E-state index contributed by atoms with van der Waals surface area (Å²) in [6.07, 6.45) is 1.41. The molecule has 0 saturated heterocycles. The van der Waals surface area contributed by atoms with Gasteiger partial charge in [0, 0.05) is 16.3 Å². The first kappa shape index (κ1) is 17.1. The molecular formula is C18H12Cl2N2O3. The van der Waals surface area contributed by atoms with Crippen molar-refractivity contribution in [2.45, 2.75) is 0 Å².